The molecular formula is C26H29N5O3. The second-order valence-corrected chi connectivity index (χ2v) is 8.41. The van der Waals surface area contributed by atoms with Crippen LogP contribution >= 0.6 is 0 Å². The number of nitrogen functional groups attached to an aromatic ring is 1. The van der Waals surface area contributed by atoms with Gasteiger partial charge in [-0.05, 0) is 80.3 Å². The van der Waals surface area contributed by atoms with Gasteiger partial charge in [0.1, 0.15) is 28.8 Å². The fourth-order valence-electron chi connectivity index (χ4n) is 3.87. The number of amidine groups is 1. The van der Waals surface area contributed by atoms with E-state index in [9.17, 15) is 4.79 Å². The highest BCUT2D eigenvalue weighted by Crippen LogP contribution is 2.33. The number of benzene rings is 3. The van der Waals surface area contributed by atoms with Gasteiger partial charge in [-0.1, -0.05) is 6.07 Å². The second kappa shape index (κ2) is 10.3. The lowest BCUT2D eigenvalue weighted by molar-refractivity contribution is 0.1000. The largest absolute Gasteiger partial charge is 0.457 e. The molecule has 0 unspecified atom stereocenters. The van der Waals surface area contributed by atoms with Crippen molar-refractivity contribution < 1.29 is 14.3 Å². The van der Waals surface area contributed by atoms with Crippen molar-refractivity contribution in [3.05, 3.63) is 77.9 Å². The van der Waals surface area contributed by atoms with Crippen LogP contribution in [0.1, 0.15) is 41.6 Å². The Morgan fingerprint density at radius 1 is 0.824 bits per heavy atom. The summed E-state index contributed by atoms with van der Waals surface area (Å²) >= 11 is 0. The molecule has 0 aromatic heterocycles. The molecule has 8 heteroatoms. The monoisotopic (exact) mass is 459 g/mol. The van der Waals surface area contributed by atoms with Crippen molar-refractivity contribution in [2.24, 2.45) is 22.2 Å². The van der Waals surface area contributed by atoms with E-state index in [1.54, 1.807) is 60.7 Å². The van der Waals surface area contributed by atoms with E-state index in [-0.39, 0.29) is 12.1 Å². The van der Waals surface area contributed by atoms with E-state index in [0.29, 0.717) is 45.6 Å². The molecule has 4 rings (SSSR count). The molecule has 176 valence electrons. The number of aliphatic imine (C=N–C) groups is 1. The molecule has 8 N–H and O–H groups in total. The first-order valence-electron chi connectivity index (χ1n) is 11.2. The zero-order valence-electron chi connectivity index (χ0n) is 18.8. The normalized spacial score (nSPS) is 18.3. The minimum atomic E-state index is -0.527. The number of rotatable bonds is 7. The highest BCUT2D eigenvalue weighted by atomic mass is 16.5. The number of carbonyl (C=O) groups excluding carboxylic acids is 1. The molecule has 1 fully saturated rings. The Morgan fingerprint density at radius 3 is 2.21 bits per heavy atom. The van der Waals surface area contributed by atoms with Gasteiger partial charge >= 0.3 is 0 Å². The highest BCUT2D eigenvalue weighted by molar-refractivity contribution is 6.00. The number of primary amides is 1. The molecule has 3 aromatic carbocycles. The van der Waals surface area contributed by atoms with Crippen LogP contribution in [-0.2, 0) is 0 Å². The average Bonchev–Trinajstić information content (AvgIpc) is 2.82. The molecule has 0 heterocycles. The Morgan fingerprint density at radius 2 is 1.50 bits per heavy atom. The van der Waals surface area contributed by atoms with Crippen LogP contribution in [0.5, 0.6) is 23.0 Å². The molecule has 0 atom stereocenters. The Hall–Kier alpha value is -4.04. The third-order valence-corrected chi connectivity index (χ3v) is 5.75. The number of amides is 1. The van der Waals surface area contributed by atoms with Gasteiger partial charge in [-0.15, -0.1) is 0 Å². The zero-order valence-corrected chi connectivity index (χ0v) is 18.8. The first-order valence-corrected chi connectivity index (χ1v) is 11.2. The lowest BCUT2D eigenvalue weighted by Gasteiger charge is -2.23. The van der Waals surface area contributed by atoms with Crippen molar-refractivity contribution in [2.75, 3.05) is 5.73 Å². The molecule has 8 nitrogen and oxygen atoms in total. The van der Waals surface area contributed by atoms with Crippen molar-refractivity contribution in [2.45, 2.75) is 37.8 Å². The highest BCUT2D eigenvalue weighted by Gasteiger charge is 2.19. The molecule has 0 aliphatic heterocycles. The second-order valence-electron chi connectivity index (χ2n) is 8.41. The van der Waals surface area contributed by atoms with E-state index in [1.807, 2.05) is 6.07 Å². The summed E-state index contributed by atoms with van der Waals surface area (Å²) < 4.78 is 12.1. The topological polar surface area (TPSA) is 152 Å². The zero-order chi connectivity index (χ0) is 24.1. The van der Waals surface area contributed by atoms with E-state index in [2.05, 4.69) is 0 Å². The first kappa shape index (κ1) is 23.1. The predicted molar refractivity (Wildman–Crippen MR) is 133 cm³/mol. The standard InChI is InChI=1S/C26H29N5O3/c27-17-4-8-19(9-5-17)31-25(29)23-13-12-22(33-21-3-1-2-16(14-21)26(30)32)15-24(23)34-20-10-6-18(28)7-11-20/h1-3,6-7,10-15,17,19H,4-5,8-9,27-28H2,(H2,29,31)(H2,30,32). The number of hydrogen-bond donors (Lipinski definition) is 4. The Balaban J connectivity index is 1.64. The lowest BCUT2D eigenvalue weighted by atomic mass is 9.92. The molecule has 0 spiro atoms. The van der Waals surface area contributed by atoms with Gasteiger partial charge in [0.05, 0.1) is 11.6 Å². The van der Waals surface area contributed by atoms with Gasteiger partial charge in [-0.3, -0.25) is 9.79 Å². The Bertz CT molecular complexity index is 1190. The number of carbonyl (C=O) groups is 1. The van der Waals surface area contributed by atoms with E-state index in [1.165, 1.54) is 0 Å². The molecule has 3 aromatic rings. The van der Waals surface area contributed by atoms with Crippen molar-refractivity contribution in [1.29, 1.82) is 0 Å². The molecular weight excluding hydrogens is 430 g/mol. The molecule has 1 aliphatic carbocycles. The molecule has 0 bridgehead atoms. The maximum Gasteiger partial charge on any atom is 0.248 e. The van der Waals surface area contributed by atoms with E-state index in [0.717, 1.165) is 25.7 Å². The van der Waals surface area contributed by atoms with E-state index >= 15 is 0 Å². The smallest absolute Gasteiger partial charge is 0.248 e. The maximum atomic E-state index is 11.5. The van der Waals surface area contributed by atoms with Gasteiger partial charge in [-0.2, -0.15) is 0 Å². The Labute approximate surface area is 198 Å². The summed E-state index contributed by atoms with van der Waals surface area (Å²) in [5.74, 6) is 1.94. The predicted octanol–water partition coefficient (Wildman–Crippen LogP) is 3.93. The van der Waals surface area contributed by atoms with E-state index < -0.39 is 5.91 Å². The number of hydrogen-bond acceptors (Lipinski definition) is 6. The lowest BCUT2D eigenvalue weighted by Crippen LogP contribution is -2.29. The first-order chi connectivity index (χ1) is 16.4. The van der Waals surface area contributed by atoms with Crippen LogP contribution in [-0.4, -0.2) is 23.8 Å². The quantitative estimate of drug-likeness (QED) is 0.239. The fraction of sp³-hybridized carbons (Fsp3) is 0.231. The van der Waals surface area contributed by atoms with Gasteiger partial charge in [-0.25, -0.2) is 0 Å². The molecule has 1 amide bonds. The minimum absolute atomic E-state index is 0.136. The molecule has 1 saturated carbocycles. The van der Waals surface area contributed by atoms with Crippen LogP contribution in [0.25, 0.3) is 0 Å². The van der Waals surface area contributed by atoms with Gasteiger partial charge < -0.3 is 32.4 Å². The van der Waals surface area contributed by atoms with Crippen molar-refractivity contribution in [3.8, 4) is 23.0 Å². The summed E-state index contributed by atoms with van der Waals surface area (Å²) in [6.07, 6.45) is 3.70. The number of ether oxygens (including phenoxy) is 2. The molecule has 34 heavy (non-hydrogen) atoms. The third-order valence-electron chi connectivity index (χ3n) is 5.75. The number of nitrogens with two attached hydrogens (primary N) is 4. The summed E-state index contributed by atoms with van der Waals surface area (Å²) in [5.41, 5.74) is 25.3. The summed E-state index contributed by atoms with van der Waals surface area (Å²) in [5, 5.41) is 0. The SMILES string of the molecule is NC(=O)c1cccc(Oc2ccc(C(N)=NC3CCC(N)CC3)c(Oc3ccc(N)cc3)c2)c1. The van der Waals surface area contributed by atoms with Crippen LogP contribution in [0.3, 0.4) is 0 Å². The Kier molecular flexibility index (Phi) is 6.98. The number of nitrogens with zero attached hydrogens (tertiary/aromatic N) is 1. The number of anilines is 1. The summed E-state index contributed by atoms with van der Waals surface area (Å²) in [7, 11) is 0. The van der Waals surface area contributed by atoms with Crippen LogP contribution in [0.2, 0.25) is 0 Å². The van der Waals surface area contributed by atoms with Crippen molar-refractivity contribution in [1.82, 2.24) is 0 Å². The van der Waals surface area contributed by atoms with Crippen LogP contribution in [0.4, 0.5) is 5.69 Å². The third kappa shape index (κ3) is 5.85. The summed E-state index contributed by atoms with van der Waals surface area (Å²) in [6, 6.07) is 19.4. The van der Waals surface area contributed by atoms with E-state index in [4.69, 9.17) is 37.4 Å². The van der Waals surface area contributed by atoms with Gasteiger partial charge in [0, 0.05) is 23.4 Å². The van der Waals surface area contributed by atoms with Crippen LogP contribution in [0, 0.1) is 0 Å². The van der Waals surface area contributed by atoms with Gasteiger partial charge in [0.15, 0.2) is 0 Å². The molecule has 0 radical (unpaired) electrons. The average molecular weight is 460 g/mol. The summed E-state index contributed by atoms with van der Waals surface area (Å²) in [4.78, 5) is 16.2. The van der Waals surface area contributed by atoms with Gasteiger partial charge in [0.2, 0.25) is 5.91 Å². The van der Waals surface area contributed by atoms with Crippen molar-refractivity contribution >= 4 is 17.4 Å². The fourth-order valence-corrected chi connectivity index (χ4v) is 3.87. The van der Waals surface area contributed by atoms with Crippen molar-refractivity contribution in [3.63, 3.8) is 0 Å². The van der Waals surface area contributed by atoms with Crippen LogP contribution in [0.15, 0.2) is 71.7 Å². The van der Waals surface area contributed by atoms with Crippen LogP contribution < -0.4 is 32.4 Å². The van der Waals surface area contributed by atoms with Gasteiger partial charge in [0.25, 0.3) is 0 Å². The summed E-state index contributed by atoms with van der Waals surface area (Å²) in [6.45, 7) is 0. The molecule has 1 aliphatic rings. The maximum absolute atomic E-state index is 11.5. The minimum Gasteiger partial charge on any atom is -0.457 e. The molecule has 0 saturated heterocycles.